The summed E-state index contributed by atoms with van der Waals surface area (Å²) in [4.78, 5) is 23.2. The number of benzene rings is 1. The molecule has 0 saturated carbocycles. The minimum Gasteiger partial charge on any atom is -0.493 e. The van der Waals surface area contributed by atoms with Gasteiger partial charge in [-0.2, -0.15) is 0 Å². The molecule has 1 N–H and O–H groups in total. The van der Waals surface area contributed by atoms with Crippen molar-refractivity contribution in [3.05, 3.63) is 28.3 Å². The largest absolute Gasteiger partial charge is 0.493 e. The van der Waals surface area contributed by atoms with E-state index in [4.69, 9.17) is 16.3 Å². The van der Waals surface area contributed by atoms with Gasteiger partial charge in [-0.05, 0) is 31.0 Å². The molecular formula is C15H18ClNO3. The molecule has 5 heteroatoms. The minimum atomic E-state index is -0.113. The van der Waals surface area contributed by atoms with Crippen LogP contribution < -0.4 is 10.1 Å². The fourth-order valence-corrected chi connectivity index (χ4v) is 2.70. The number of Topliss-reactive ketones (excluding diaryl/α,β-unsaturated/α-hetero) is 1. The molecular weight excluding hydrogens is 278 g/mol. The molecule has 0 saturated heterocycles. The Morgan fingerprint density at radius 1 is 1.40 bits per heavy atom. The number of fused-ring (bicyclic) bond motifs is 1. The van der Waals surface area contributed by atoms with Crippen LogP contribution in [0.25, 0.3) is 0 Å². The van der Waals surface area contributed by atoms with E-state index in [1.807, 2.05) is 19.9 Å². The molecule has 0 aliphatic carbocycles. The van der Waals surface area contributed by atoms with Crippen molar-refractivity contribution in [1.29, 1.82) is 0 Å². The number of nitrogens with one attached hydrogen (secondary N) is 1. The van der Waals surface area contributed by atoms with Gasteiger partial charge in [-0.3, -0.25) is 9.59 Å². The summed E-state index contributed by atoms with van der Waals surface area (Å²) < 4.78 is 5.72. The third-order valence-electron chi connectivity index (χ3n) is 3.70. The Kier molecular flexibility index (Phi) is 4.33. The Balaban J connectivity index is 2.55. The molecule has 1 heterocycles. The number of amides is 1. The third kappa shape index (κ3) is 2.66. The van der Waals surface area contributed by atoms with Crippen molar-refractivity contribution in [2.24, 2.45) is 0 Å². The molecule has 4 nitrogen and oxygen atoms in total. The summed E-state index contributed by atoms with van der Waals surface area (Å²) in [5, 5.41) is 2.91. The predicted octanol–water partition coefficient (Wildman–Crippen LogP) is 2.68. The fourth-order valence-electron chi connectivity index (χ4n) is 2.56. The Morgan fingerprint density at radius 3 is 2.70 bits per heavy atom. The zero-order valence-electron chi connectivity index (χ0n) is 11.9. The number of carbonyl (C=O) groups is 2. The first-order chi connectivity index (χ1) is 9.45. The number of ketones is 1. The van der Waals surface area contributed by atoms with E-state index in [2.05, 4.69) is 5.32 Å². The van der Waals surface area contributed by atoms with E-state index >= 15 is 0 Å². The van der Waals surface area contributed by atoms with Crippen LogP contribution in [0.5, 0.6) is 5.75 Å². The van der Waals surface area contributed by atoms with Gasteiger partial charge in [0.15, 0.2) is 5.78 Å². The molecule has 0 bridgehead atoms. The molecule has 1 amide bonds. The van der Waals surface area contributed by atoms with Crippen molar-refractivity contribution in [3.8, 4) is 5.75 Å². The lowest BCUT2D eigenvalue weighted by Crippen LogP contribution is -2.31. The van der Waals surface area contributed by atoms with Crippen LogP contribution >= 0.6 is 11.6 Å². The molecule has 1 aliphatic rings. The molecule has 0 aromatic heterocycles. The van der Waals surface area contributed by atoms with Crippen LogP contribution in [-0.4, -0.2) is 24.2 Å². The number of halogens is 1. The number of carbonyl (C=O) groups excluding carboxylic acids is 2. The van der Waals surface area contributed by atoms with Crippen LogP contribution in [0.1, 0.15) is 46.4 Å². The van der Waals surface area contributed by atoms with Crippen molar-refractivity contribution < 1.29 is 14.3 Å². The van der Waals surface area contributed by atoms with Gasteiger partial charge in [0.05, 0.1) is 18.5 Å². The number of alkyl halides is 1. The van der Waals surface area contributed by atoms with Crippen molar-refractivity contribution in [2.75, 3.05) is 12.5 Å². The standard InChI is InChI=1S/C15H18ClNO3/c1-8-9(2)15-12(6-11(8)14(19)7-16)13(4-5-20-15)17-10(3)18/h6,13H,4-5,7H2,1-3H3,(H,17,18). The lowest BCUT2D eigenvalue weighted by molar-refractivity contribution is -0.119. The monoisotopic (exact) mass is 295 g/mol. The lowest BCUT2D eigenvalue weighted by Gasteiger charge is -2.29. The molecule has 1 aromatic rings. The highest BCUT2D eigenvalue weighted by Crippen LogP contribution is 2.38. The van der Waals surface area contributed by atoms with Gasteiger partial charge in [0, 0.05) is 24.5 Å². The molecule has 0 fully saturated rings. The molecule has 1 atom stereocenters. The Labute approximate surface area is 123 Å². The first-order valence-corrected chi connectivity index (χ1v) is 7.12. The van der Waals surface area contributed by atoms with E-state index in [9.17, 15) is 9.59 Å². The smallest absolute Gasteiger partial charge is 0.217 e. The van der Waals surface area contributed by atoms with Gasteiger partial charge in [-0.1, -0.05) is 0 Å². The average Bonchev–Trinajstić information content (AvgIpc) is 2.42. The zero-order valence-corrected chi connectivity index (χ0v) is 12.6. The summed E-state index contributed by atoms with van der Waals surface area (Å²) >= 11 is 5.66. The molecule has 1 aliphatic heterocycles. The number of hydrogen-bond donors (Lipinski definition) is 1. The first-order valence-electron chi connectivity index (χ1n) is 6.58. The minimum absolute atomic E-state index is 0.0509. The number of ether oxygens (including phenoxy) is 1. The molecule has 20 heavy (non-hydrogen) atoms. The summed E-state index contributed by atoms with van der Waals surface area (Å²) in [5.74, 6) is 0.525. The summed E-state index contributed by atoms with van der Waals surface area (Å²) in [6.45, 7) is 5.86. The molecule has 0 spiro atoms. The quantitative estimate of drug-likeness (QED) is 0.689. The highest BCUT2D eigenvalue weighted by atomic mass is 35.5. The first kappa shape index (κ1) is 14.9. The van der Waals surface area contributed by atoms with Crippen molar-refractivity contribution in [1.82, 2.24) is 5.32 Å². The van der Waals surface area contributed by atoms with Gasteiger partial charge in [-0.25, -0.2) is 0 Å². The molecule has 1 unspecified atom stereocenters. The van der Waals surface area contributed by atoms with Crippen LogP contribution in [0.4, 0.5) is 0 Å². The summed E-state index contributed by atoms with van der Waals surface area (Å²) in [6.07, 6.45) is 0.698. The van der Waals surface area contributed by atoms with Gasteiger partial charge in [0.25, 0.3) is 0 Å². The van der Waals surface area contributed by atoms with E-state index < -0.39 is 0 Å². The number of hydrogen-bond acceptors (Lipinski definition) is 3. The van der Waals surface area contributed by atoms with Gasteiger partial charge in [0.2, 0.25) is 5.91 Å². The maximum atomic E-state index is 11.9. The van der Waals surface area contributed by atoms with Gasteiger partial charge >= 0.3 is 0 Å². The van der Waals surface area contributed by atoms with Crippen LogP contribution in [-0.2, 0) is 4.79 Å². The summed E-state index contributed by atoms with van der Waals surface area (Å²) in [7, 11) is 0. The Morgan fingerprint density at radius 2 is 2.10 bits per heavy atom. The third-order valence-corrected chi connectivity index (χ3v) is 3.94. The normalized spacial score (nSPS) is 17.1. The maximum absolute atomic E-state index is 11.9. The zero-order chi connectivity index (χ0) is 14.9. The van der Waals surface area contributed by atoms with E-state index in [0.717, 1.165) is 22.4 Å². The van der Waals surface area contributed by atoms with E-state index in [1.165, 1.54) is 6.92 Å². The van der Waals surface area contributed by atoms with E-state index in [0.29, 0.717) is 18.6 Å². The predicted molar refractivity (Wildman–Crippen MR) is 77.6 cm³/mol. The lowest BCUT2D eigenvalue weighted by atomic mass is 9.90. The van der Waals surface area contributed by atoms with Crippen LogP contribution in [0.3, 0.4) is 0 Å². The van der Waals surface area contributed by atoms with E-state index in [-0.39, 0.29) is 23.6 Å². The van der Waals surface area contributed by atoms with Crippen LogP contribution in [0.15, 0.2) is 6.07 Å². The number of rotatable bonds is 3. The Hall–Kier alpha value is -1.55. The van der Waals surface area contributed by atoms with Crippen LogP contribution in [0.2, 0.25) is 0 Å². The molecule has 108 valence electrons. The van der Waals surface area contributed by atoms with Gasteiger partial charge in [-0.15, -0.1) is 11.6 Å². The second-order valence-electron chi connectivity index (χ2n) is 5.04. The Bertz CT molecular complexity index is 569. The molecule has 1 aromatic carbocycles. The average molecular weight is 296 g/mol. The second kappa shape index (κ2) is 5.83. The fraction of sp³-hybridized carbons (Fsp3) is 0.467. The highest BCUT2D eigenvalue weighted by molar-refractivity contribution is 6.30. The van der Waals surface area contributed by atoms with Crippen molar-refractivity contribution >= 4 is 23.3 Å². The highest BCUT2D eigenvalue weighted by Gasteiger charge is 2.27. The van der Waals surface area contributed by atoms with Gasteiger partial charge < -0.3 is 10.1 Å². The summed E-state index contributed by atoms with van der Waals surface area (Å²) in [5.41, 5.74) is 3.30. The summed E-state index contributed by atoms with van der Waals surface area (Å²) in [6, 6.07) is 1.69. The molecule has 0 radical (unpaired) electrons. The molecule has 2 rings (SSSR count). The van der Waals surface area contributed by atoms with Crippen molar-refractivity contribution in [2.45, 2.75) is 33.2 Å². The topological polar surface area (TPSA) is 55.4 Å². The van der Waals surface area contributed by atoms with Crippen molar-refractivity contribution in [3.63, 3.8) is 0 Å². The SMILES string of the molecule is CC(=O)NC1CCOc2c1cc(C(=O)CCl)c(C)c2C. The van der Waals surface area contributed by atoms with E-state index in [1.54, 1.807) is 0 Å². The van der Waals surface area contributed by atoms with Crippen LogP contribution in [0, 0.1) is 13.8 Å². The maximum Gasteiger partial charge on any atom is 0.217 e. The second-order valence-corrected chi connectivity index (χ2v) is 5.31. The van der Waals surface area contributed by atoms with Gasteiger partial charge in [0.1, 0.15) is 5.75 Å².